The van der Waals surface area contributed by atoms with Gasteiger partial charge in [-0.25, -0.2) is 43.4 Å². The van der Waals surface area contributed by atoms with E-state index in [2.05, 4.69) is 59.7 Å². The Balaban J connectivity index is 1.11. The second-order valence-electron chi connectivity index (χ2n) is 12.0. The minimum absolute atomic E-state index is 0.0526. The second kappa shape index (κ2) is 13.4. The summed E-state index contributed by atoms with van der Waals surface area (Å²) >= 11 is 8.29. The third-order valence-electron chi connectivity index (χ3n) is 8.79. The van der Waals surface area contributed by atoms with Crippen molar-refractivity contribution in [2.45, 2.75) is 68.0 Å². The van der Waals surface area contributed by atoms with E-state index in [1.165, 1.54) is 34.4 Å². The number of nitrogens with one attached hydrogen (secondary N) is 1. The smallest absolute Gasteiger partial charge is 0.386 e. The molecule has 4 aliphatic heterocycles. The van der Waals surface area contributed by atoms with Gasteiger partial charge in [0.1, 0.15) is 54.1 Å². The predicted molar refractivity (Wildman–Crippen MR) is 178 cm³/mol. The summed E-state index contributed by atoms with van der Waals surface area (Å²) < 4.78 is 87.4. The Morgan fingerprint density at radius 1 is 0.863 bits per heavy atom. The molecule has 4 aliphatic rings. The summed E-state index contributed by atoms with van der Waals surface area (Å²) in [7, 11) is 0. The number of aromatic nitrogens is 8. The van der Waals surface area contributed by atoms with Crippen LogP contribution in [0.25, 0.3) is 22.3 Å². The Morgan fingerprint density at radius 3 is 2.00 bits per heavy atom. The van der Waals surface area contributed by atoms with Crippen molar-refractivity contribution in [1.29, 1.82) is 0 Å². The van der Waals surface area contributed by atoms with Gasteiger partial charge in [-0.2, -0.15) is 0 Å². The minimum Gasteiger partial charge on any atom is -0.453 e. The molecular formula is C25H30FN11O10P2S2. The fourth-order valence-corrected chi connectivity index (χ4v) is 9.38. The standard InChI is InChI=1S/C25H30FN11O10P2S2/c26-13-16-11(43-23(13)36-8-34-14-19(27)30-6-32-21(14)36)4-41-49(40,51)47-17-12(5-42-48(39,50)46-16)44-24(18(17)45-25(38)10-2-1-3-29-10)37-9-35-15-20(28)31-7-33-22(15)37/h6-13,16-18,23-24,29H,1-5H2,(H,39,50)(H,40,51)(H2,27,30,32)(H2,28,31,33)/t10-,11-,12-,13-,16-,17-,18-,23-,24-,48+,49-/m1/s1. The molecule has 11 atom stereocenters. The van der Waals surface area contributed by atoms with Gasteiger partial charge in [-0.3, -0.25) is 32.0 Å². The number of carbonyl (C=O) groups excluding carboxylic acids is 1. The number of rotatable bonds is 4. The number of anilines is 2. The molecule has 0 bridgehead atoms. The number of imidazole rings is 2. The van der Waals surface area contributed by atoms with Crippen molar-refractivity contribution in [3.05, 3.63) is 25.3 Å². The number of thiol groups is 2. The number of nitrogens with two attached hydrogens (primary N) is 2. The molecule has 0 aliphatic carbocycles. The number of carbonyl (C=O) groups is 1. The first-order valence-corrected chi connectivity index (χ1v) is 20.8. The van der Waals surface area contributed by atoms with Gasteiger partial charge in [-0.1, -0.05) is 24.5 Å². The lowest BCUT2D eigenvalue weighted by Gasteiger charge is -2.29. The predicted octanol–water partition coefficient (Wildman–Crippen LogP) is 1.52. The first-order chi connectivity index (χ1) is 24.4. The first kappa shape index (κ1) is 35.0. The van der Waals surface area contributed by atoms with Gasteiger partial charge in [-0.15, -0.1) is 0 Å². The summed E-state index contributed by atoms with van der Waals surface area (Å²) in [5.41, 5.74) is 12.7. The maximum Gasteiger partial charge on any atom is 0.386 e. The lowest BCUT2D eigenvalue weighted by Crippen LogP contribution is -2.43. The average Bonchev–Trinajstić information content (AvgIpc) is 3.92. The molecule has 0 spiro atoms. The van der Waals surface area contributed by atoms with Crippen LogP contribution in [0.1, 0.15) is 25.3 Å². The third kappa shape index (κ3) is 6.60. The van der Waals surface area contributed by atoms with E-state index in [4.69, 9.17) is 43.8 Å². The van der Waals surface area contributed by atoms with Crippen molar-refractivity contribution >= 4 is 78.0 Å². The SMILES string of the molecule is Nc1ncnc2c1ncn2[C@@H]1O[C@@H]2CO[P@@](=O)(S)O[C@H]3[C@@H](OC(=O)[C@H]4CCCN4)[C@H](n4cnc5c(N)ncnc54)O[C@@H]3CO[P@](=O)(S)O[C@H]2[C@H]1F. The highest BCUT2D eigenvalue weighted by Crippen LogP contribution is 2.60. The zero-order chi connectivity index (χ0) is 35.7. The molecular weight excluding hydrogens is 759 g/mol. The number of esters is 1. The Bertz CT molecular complexity index is 2080. The van der Waals surface area contributed by atoms with Gasteiger partial charge in [-0.05, 0) is 19.4 Å². The average molecular weight is 790 g/mol. The molecule has 51 heavy (non-hydrogen) atoms. The summed E-state index contributed by atoms with van der Waals surface area (Å²) in [5.74, 6) is -0.509. The van der Waals surface area contributed by atoms with Gasteiger partial charge in [0.2, 0.25) is 0 Å². The molecule has 26 heteroatoms. The molecule has 21 nitrogen and oxygen atoms in total. The van der Waals surface area contributed by atoms with E-state index in [0.717, 1.165) is 6.42 Å². The van der Waals surface area contributed by atoms with Gasteiger partial charge in [0, 0.05) is 0 Å². The first-order valence-electron chi connectivity index (χ1n) is 15.5. The van der Waals surface area contributed by atoms with E-state index in [0.29, 0.717) is 13.0 Å². The summed E-state index contributed by atoms with van der Waals surface area (Å²) in [6.45, 7) is -9.49. The van der Waals surface area contributed by atoms with Crippen LogP contribution in [0.5, 0.6) is 0 Å². The maximum absolute atomic E-state index is 16.2. The van der Waals surface area contributed by atoms with Crippen molar-refractivity contribution < 1.29 is 50.6 Å². The number of hydrogen-bond acceptors (Lipinski definition) is 19. The highest BCUT2D eigenvalue weighted by atomic mass is 32.7. The fraction of sp³-hybridized carbons (Fsp3) is 0.560. The molecule has 8 heterocycles. The van der Waals surface area contributed by atoms with Crippen molar-refractivity contribution in [1.82, 2.24) is 44.4 Å². The normalized spacial score (nSPS) is 37.5. The van der Waals surface area contributed by atoms with Gasteiger partial charge in [0.15, 0.2) is 47.7 Å². The molecule has 0 aromatic carbocycles. The van der Waals surface area contributed by atoms with Crippen LogP contribution >= 0.6 is 38.1 Å². The molecule has 4 saturated heterocycles. The highest BCUT2D eigenvalue weighted by Gasteiger charge is 2.55. The van der Waals surface area contributed by atoms with Gasteiger partial charge in [0.25, 0.3) is 0 Å². The van der Waals surface area contributed by atoms with Crippen LogP contribution in [-0.4, -0.2) is 107 Å². The van der Waals surface area contributed by atoms with E-state index in [9.17, 15) is 13.9 Å². The molecule has 8 rings (SSSR count). The molecule has 0 radical (unpaired) electrons. The molecule has 0 unspecified atom stereocenters. The van der Waals surface area contributed by atoms with Crippen LogP contribution in [0.3, 0.4) is 0 Å². The van der Waals surface area contributed by atoms with Gasteiger partial charge >= 0.3 is 19.6 Å². The highest BCUT2D eigenvalue weighted by molar-refractivity contribution is 8.44. The largest absolute Gasteiger partial charge is 0.453 e. The zero-order valence-electron chi connectivity index (χ0n) is 26.0. The molecule has 0 amide bonds. The Hall–Kier alpha value is -3.02. The minimum atomic E-state index is -4.43. The van der Waals surface area contributed by atoms with Gasteiger partial charge in [0.05, 0.1) is 25.9 Å². The summed E-state index contributed by atoms with van der Waals surface area (Å²) in [6, 6.07) is -0.636. The fourth-order valence-electron chi connectivity index (χ4n) is 6.42. The number of alkyl halides is 1. The van der Waals surface area contributed by atoms with E-state index in [-0.39, 0.29) is 34.0 Å². The summed E-state index contributed by atoms with van der Waals surface area (Å²) in [4.78, 5) is 38.0. The molecule has 274 valence electrons. The monoisotopic (exact) mass is 789 g/mol. The lowest BCUT2D eigenvalue weighted by molar-refractivity contribution is -0.160. The molecule has 5 N–H and O–H groups in total. The third-order valence-corrected chi connectivity index (χ3v) is 12.0. The maximum atomic E-state index is 16.2. The van der Waals surface area contributed by atoms with E-state index in [1.54, 1.807) is 0 Å². The number of ether oxygens (including phenoxy) is 3. The number of fused-ring (bicyclic) bond motifs is 4. The molecule has 4 aromatic rings. The van der Waals surface area contributed by atoms with E-state index < -0.39 is 88.0 Å². The van der Waals surface area contributed by atoms with Crippen molar-refractivity contribution in [2.75, 3.05) is 31.2 Å². The topological polar surface area (TPSA) is 267 Å². The molecule has 4 aromatic heterocycles. The van der Waals surface area contributed by atoms with Crippen molar-refractivity contribution in [2.24, 2.45) is 0 Å². The van der Waals surface area contributed by atoms with Crippen LogP contribution in [0.4, 0.5) is 16.0 Å². The number of hydrogen-bond donors (Lipinski definition) is 5. The molecule has 4 fully saturated rings. The number of halogens is 1. The Labute approximate surface area is 297 Å². The van der Waals surface area contributed by atoms with Crippen molar-refractivity contribution in [3.8, 4) is 0 Å². The van der Waals surface area contributed by atoms with Crippen LogP contribution in [0, 0.1) is 0 Å². The zero-order valence-corrected chi connectivity index (χ0v) is 29.6. The summed E-state index contributed by atoms with van der Waals surface area (Å²) in [6.07, 6.45) is -5.53. The second-order valence-corrected chi connectivity index (χ2v) is 17.7. The quantitative estimate of drug-likeness (QED) is 0.111. The van der Waals surface area contributed by atoms with Crippen molar-refractivity contribution in [3.63, 3.8) is 0 Å². The van der Waals surface area contributed by atoms with Crippen LogP contribution in [0.2, 0.25) is 0 Å². The summed E-state index contributed by atoms with van der Waals surface area (Å²) in [5, 5.41) is 3.06. The lowest BCUT2D eigenvalue weighted by atomic mass is 10.1. The number of nitrogen functional groups attached to an aromatic ring is 2. The Kier molecular flexibility index (Phi) is 9.23. The van der Waals surface area contributed by atoms with Crippen LogP contribution in [0.15, 0.2) is 25.3 Å². The van der Waals surface area contributed by atoms with Gasteiger partial charge < -0.3 is 31.0 Å². The van der Waals surface area contributed by atoms with Crippen LogP contribution < -0.4 is 16.8 Å². The van der Waals surface area contributed by atoms with E-state index >= 15 is 4.39 Å². The van der Waals surface area contributed by atoms with Crippen LogP contribution in [-0.2, 0) is 46.2 Å². The Morgan fingerprint density at radius 2 is 1.41 bits per heavy atom. The van der Waals surface area contributed by atoms with E-state index in [1.807, 2.05) is 0 Å². The molecule has 0 saturated carbocycles. The number of nitrogens with zero attached hydrogens (tertiary/aromatic N) is 8.